The molecule has 1 N–H and O–H groups in total. The van der Waals surface area contributed by atoms with Crippen LogP contribution < -0.4 is 15.0 Å². The number of likely N-dealkylation sites (N-methyl/N-ethyl adjacent to an activating group) is 1. The summed E-state index contributed by atoms with van der Waals surface area (Å²) in [7, 11) is 5.40. The Balaban J connectivity index is 1.36. The summed E-state index contributed by atoms with van der Waals surface area (Å²) < 4.78 is 8.11. The number of rotatable bonds is 6. The van der Waals surface area contributed by atoms with Gasteiger partial charge in [0.15, 0.2) is 0 Å². The van der Waals surface area contributed by atoms with Crippen LogP contribution in [0.5, 0.6) is 5.75 Å². The van der Waals surface area contributed by atoms with Crippen LogP contribution in [0, 0.1) is 6.92 Å². The fraction of sp³-hybridized carbons (Fsp3) is 0.360. The second-order valence-corrected chi connectivity index (χ2v) is 8.51. The summed E-state index contributed by atoms with van der Waals surface area (Å²) in [5.41, 5.74) is 3.79. The van der Waals surface area contributed by atoms with Crippen LogP contribution in [0.2, 0.25) is 0 Å². The molecule has 0 aliphatic carbocycles. The first kappa shape index (κ1) is 21.7. The SMILES string of the molecule is Cc1cc2ccccc2n1CCNC(=O)C[C@@H]1COc2ccc(C(=O)N(C)C)cc2N1C. The number of nitrogens with one attached hydrogen (secondary N) is 1. The van der Waals surface area contributed by atoms with Crippen molar-refractivity contribution in [3.63, 3.8) is 0 Å². The molecule has 2 heterocycles. The number of para-hydroxylation sites is 1. The lowest BCUT2D eigenvalue weighted by Gasteiger charge is -2.35. The number of benzene rings is 2. The zero-order valence-electron chi connectivity index (χ0n) is 19.1. The zero-order chi connectivity index (χ0) is 22.8. The molecular weight excluding hydrogens is 404 g/mol. The number of hydrogen-bond acceptors (Lipinski definition) is 4. The van der Waals surface area contributed by atoms with Gasteiger partial charge in [0.1, 0.15) is 12.4 Å². The van der Waals surface area contributed by atoms with E-state index in [0.29, 0.717) is 25.1 Å². The van der Waals surface area contributed by atoms with E-state index in [9.17, 15) is 9.59 Å². The molecule has 0 saturated heterocycles. The predicted octanol–water partition coefficient (Wildman–Crippen LogP) is 3.06. The van der Waals surface area contributed by atoms with Gasteiger partial charge in [0, 0.05) is 51.0 Å². The van der Waals surface area contributed by atoms with Crippen molar-refractivity contribution < 1.29 is 14.3 Å². The molecule has 0 saturated carbocycles. The van der Waals surface area contributed by atoms with Crippen LogP contribution in [0.3, 0.4) is 0 Å². The largest absolute Gasteiger partial charge is 0.489 e. The van der Waals surface area contributed by atoms with Crippen molar-refractivity contribution >= 4 is 28.4 Å². The third-order valence-corrected chi connectivity index (χ3v) is 6.07. The van der Waals surface area contributed by atoms with Gasteiger partial charge in [-0.3, -0.25) is 9.59 Å². The summed E-state index contributed by atoms with van der Waals surface area (Å²) in [6.45, 7) is 3.80. The van der Waals surface area contributed by atoms with E-state index in [-0.39, 0.29) is 17.9 Å². The normalized spacial score (nSPS) is 15.2. The van der Waals surface area contributed by atoms with E-state index in [1.54, 1.807) is 25.1 Å². The van der Waals surface area contributed by atoms with Crippen LogP contribution in [-0.2, 0) is 11.3 Å². The second kappa shape index (κ2) is 8.94. The highest BCUT2D eigenvalue weighted by molar-refractivity contribution is 5.95. The lowest BCUT2D eigenvalue weighted by molar-refractivity contribution is -0.121. The molecule has 1 atom stereocenters. The molecule has 4 rings (SSSR count). The molecule has 0 radical (unpaired) electrons. The fourth-order valence-electron chi connectivity index (χ4n) is 4.24. The quantitative estimate of drug-likeness (QED) is 0.648. The number of aromatic nitrogens is 1. The number of carbonyl (C=O) groups is 2. The molecule has 2 aromatic carbocycles. The number of anilines is 1. The molecule has 168 valence electrons. The van der Waals surface area contributed by atoms with E-state index in [1.807, 2.05) is 36.2 Å². The van der Waals surface area contributed by atoms with Gasteiger partial charge >= 0.3 is 0 Å². The Morgan fingerprint density at radius 1 is 1.16 bits per heavy atom. The lowest BCUT2D eigenvalue weighted by Crippen LogP contribution is -2.44. The lowest BCUT2D eigenvalue weighted by atomic mass is 10.1. The van der Waals surface area contributed by atoms with Crippen LogP contribution in [-0.4, -0.2) is 61.6 Å². The van der Waals surface area contributed by atoms with Gasteiger partial charge in [-0.1, -0.05) is 18.2 Å². The van der Waals surface area contributed by atoms with Gasteiger partial charge in [-0.05, 0) is 42.6 Å². The standard InChI is InChI=1S/C25H30N4O3/c1-17-13-18-7-5-6-8-21(18)29(17)12-11-26-24(30)15-20-16-32-23-10-9-19(25(31)27(2)3)14-22(23)28(20)4/h5-10,13-14,20H,11-12,15-16H2,1-4H3,(H,26,30)/t20-/m1/s1. The first-order chi connectivity index (χ1) is 15.3. The molecule has 1 aliphatic rings. The number of nitrogens with zero attached hydrogens (tertiary/aromatic N) is 3. The van der Waals surface area contributed by atoms with Crippen LogP contribution in [0.1, 0.15) is 22.5 Å². The monoisotopic (exact) mass is 434 g/mol. The Morgan fingerprint density at radius 2 is 1.94 bits per heavy atom. The van der Waals surface area contributed by atoms with Crippen molar-refractivity contribution in [3.05, 3.63) is 59.8 Å². The maximum absolute atomic E-state index is 12.6. The number of hydrogen-bond donors (Lipinski definition) is 1. The molecule has 32 heavy (non-hydrogen) atoms. The summed E-state index contributed by atoms with van der Waals surface area (Å²) in [5, 5.41) is 4.26. The Bertz CT molecular complexity index is 1150. The molecule has 7 heteroatoms. The topological polar surface area (TPSA) is 66.8 Å². The van der Waals surface area contributed by atoms with Crippen LogP contribution >= 0.6 is 0 Å². The number of fused-ring (bicyclic) bond motifs is 2. The molecule has 0 spiro atoms. The van der Waals surface area contributed by atoms with Gasteiger partial charge in [0.25, 0.3) is 5.91 Å². The smallest absolute Gasteiger partial charge is 0.253 e. The number of amides is 2. The van der Waals surface area contributed by atoms with Crippen molar-refractivity contribution in [2.45, 2.75) is 25.9 Å². The van der Waals surface area contributed by atoms with Crippen molar-refractivity contribution in [2.75, 3.05) is 39.2 Å². The van der Waals surface area contributed by atoms with E-state index >= 15 is 0 Å². The van der Waals surface area contributed by atoms with Gasteiger partial charge < -0.3 is 24.4 Å². The molecule has 0 bridgehead atoms. The minimum Gasteiger partial charge on any atom is -0.489 e. The molecule has 1 aromatic heterocycles. The van der Waals surface area contributed by atoms with E-state index < -0.39 is 0 Å². The highest BCUT2D eigenvalue weighted by Gasteiger charge is 2.27. The minimum absolute atomic E-state index is 0.0106. The first-order valence-electron chi connectivity index (χ1n) is 10.9. The molecule has 0 unspecified atom stereocenters. The van der Waals surface area contributed by atoms with Gasteiger partial charge in [0.2, 0.25) is 5.91 Å². The number of aryl methyl sites for hydroxylation is 1. The van der Waals surface area contributed by atoms with Crippen LogP contribution in [0.15, 0.2) is 48.5 Å². The third kappa shape index (κ3) is 4.28. The summed E-state index contributed by atoms with van der Waals surface area (Å²) in [6.07, 6.45) is 0.327. The van der Waals surface area contributed by atoms with Crippen molar-refractivity contribution in [2.24, 2.45) is 0 Å². The van der Waals surface area contributed by atoms with E-state index in [4.69, 9.17) is 4.74 Å². The molecule has 1 aliphatic heterocycles. The molecule has 2 amide bonds. The summed E-state index contributed by atoms with van der Waals surface area (Å²) >= 11 is 0. The van der Waals surface area contributed by atoms with Gasteiger partial charge in [0.05, 0.1) is 18.2 Å². The molecular formula is C25H30N4O3. The molecule has 3 aromatic rings. The zero-order valence-corrected chi connectivity index (χ0v) is 19.1. The number of ether oxygens (including phenoxy) is 1. The Morgan fingerprint density at radius 3 is 2.72 bits per heavy atom. The molecule has 0 fully saturated rings. The van der Waals surface area contributed by atoms with Gasteiger partial charge in [-0.2, -0.15) is 0 Å². The highest BCUT2D eigenvalue weighted by atomic mass is 16.5. The van der Waals surface area contributed by atoms with Crippen LogP contribution in [0.4, 0.5) is 5.69 Å². The fourth-order valence-corrected chi connectivity index (χ4v) is 4.24. The highest BCUT2D eigenvalue weighted by Crippen LogP contribution is 2.34. The maximum Gasteiger partial charge on any atom is 0.253 e. The van der Waals surface area contributed by atoms with E-state index in [0.717, 1.165) is 18.0 Å². The first-order valence-corrected chi connectivity index (χ1v) is 10.9. The number of carbonyl (C=O) groups excluding carboxylic acids is 2. The Labute approximate surface area is 188 Å². The van der Waals surface area contributed by atoms with Crippen molar-refractivity contribution in [1.29, 1.82) is 0 Å². The minimum atomic E-state index is -0.0960. The van der Waals surface area contributed by atoms with Crippen molar-refractivity contribution in [3.8, 4) is 5.75 Å². The maximum atomic E-state index is 12.6. The average Bonchev–Trinajstić information content (AvgIpc) is 3.10. The summed E-state index contributed by atoms with van der Waals surface area (Å²) in [5.74, 6) is 0.659. The Hall–Kier alpha value is -3.48. The third-order valence-electron chi connectivity index (χ3n) is 6.07. The van der Waals surface area contributed by atoms with E-state index in [1.165, 1.54) is 16.6 Å². The predicted molar refractivity (Wildman–Crippen MR) is 126 cm³/mol. The summed E-state index contributed by atoms with van der Waals surface area (Å²) in [4.78, 5) is 28.5. The average molecular weight is 435 g/mol. The summed E-state index contributed by atoms with van der Waals surface area (Å²) in [6, 6.07) is 15.8. The van der Waals surface area contributed by atoms with Crippen molar-refractivity contribution in [1.82, 2.24) is 14.8 Å². The molecule has 7 nitrogen and oxygen atoms in total. The second-order valence-electron chi connectivity index (χ2n) is 8.51. The van der Waals surface area contributed by atoms with Gasteiger partial charge in [-0.25, -0.2) is 0 Å². The van der Waals surface area contributed by atoms with Gasteiger partial charge in [-0.15, -0.1) is 0 Å². The Kier molecular flexibility index (Phi) is 6.08. The van der Waals surface area contributed by atoms with Crippen LogP contribution in [0.25, 0.3) is 10.9 Å². The van der Waals surface area contributed by atoms with E-state index in [2.05, 4.69) is 35.0 Å².